The van der Waals surface area contributed by atoms with Crippen molar-refractivity contribution in [2.24, 2.45) is 17.6 Å². The Kier molecular flexibility index (Phi) is 8.82. The number of hydrogen-bond donors (Lipinski definition) is 1. The van der Waals surface area contributed by atoms with Crippen LogP contribution < -0.4 is 10.6 Å². The summed E-state index contributed by atoms with van der Waals surface area (Å²) in [7, 11) is 0. The number of rotatable bonds is 3. The molecule has 1 aromatic carbocycles. The molecule has 2 atom stereocenters. The second kappa shape index (κ2) is 9.86. The number of nitrogens with zero attached hydrogens (tertiary/aromatic N) is 2. The summed E-state index contributed by atoms with van der Waals surface area (Å²) >= 11 is 6.13. The summed E-state index contributed by atoms with van der Waals surface area (Å²) in [5.41, 5.74) is 8.24. The van der Waals surface area contributed by atoms with E-state index in [1.54, 1.807) is 0 Å². The molecule has 25 heavy (non-hydrogen) atoms. The molecule has 1 heterocycles. The number of anilines is 1. The van der Waals surface area contributed by atoms with E-state index in [2.05, 4.69) is 17.9 Å². The molecule has 0 bridgehead atoms. The lowest BCUT2D eigenvalue weighted by Gasteiger charge is -2.38. The van der Waals surface area contributed by atoms with E-state index in [-0.39, 0.29) is 30.7 Å². The van der Waals surface area contributed by atoms with Crippen LogP contribution in [0.1, 0.15) is 24.8 Å². The first-order chi connectivity index (χ1) is 11.1. The molecular formula is C18H28Cl3N3O. The molecule has 0 aromatic heterocycles. The Bertz CT molecular complexity index is 577. The highest BCUT2D eigenvalue weighted by atomic mass is 35.5. The third-order valence-corrected chi connectivity index (χ3v) is 5.62. The zero-order valence-corrected chi connectivity index (χ0v) is 17.0. The van der Waals surface area contributed by atoms with Crippen LogP contribution in [0.3, 0.4) is 0 Å². The quantitative estimate of drug-likeness (QED) is 0.832. The number of hydrogen-bond acceptors (Lipinski definition) is 3. The predicted octanol–water partition coefficient (Wildman–Crippen LogP) is 3.52. The van der Waals surface area contributed by atoms with Gasteiger partial charge in [-0.15, -0.1) is 24.8 Å². The van der Waals surface area contributed by atoms with Crippen molar-refractivity contribution in [1.29, 1.82) is 0 Å². The van der Waals surface area contributed by atoms with E-state index in [4.69, 9.17) is 17.3 Å². The highest BCUT2D eigenvalue weighted by molar-refractivity contribution is 6.30. The molecule has 1 saturated carbocycles. The van der Waals surface area contributed by atoms with Crippen LogP contribution in [0.15, 0.2) is 18.2 Å². The summed E-state index contributed by atoms with van der Waals surface area (Å²) in [6.07, 6.45) is 3.25. The molecule has 7 heteroatoms. The van der Waals surface area contributed by atoms with Gasteiger partial charge in [-0.05, 0) is 49.9 Å². The minimum Gasteiger partial charge on any atom is -0.368 e. The topological polar surface area (TPSA) is 49.6 Å². The van der Waals surface area contributed by atoms with Gasteiger partial charge in [0.15, 0.2) is 0 Å². The molecule has 1 amide bonds. The third-order valence-electron chi connectivity index (χ3n) is 5.38. The number of carbonyl (C=O) groups excluding carboxylic acids is 1. The van der Waals surface area contributed by atoms with Crippen LogP contribution in [0.2, 0.25) is 5.02 Å². The standard InChI is InChI=1S/C18H26ClN3O.2ClH/c1-13-5-6-15(19)11-17(13)21-7-9-22(10-8-21)18(23)16-4-2-3-14(16)12-20;;/h5-6,11,14,16H,2-4,7-10,12,20H2,1H3;2*1H/t14-,16-;;/m1../s1. The smallest absolute Gasteiger partial charge is 0.226 e. The van der Waals surface area contributed by atoms with Crippen molar-refractivity contribution in [2.75, 3.05) is 37.6 Å². The normalized spacial score (nSPS) is 23.0. The lowest BCUT2D eigenvalue weighted by atomic mass is 9.94. The zero-order valence-electron chi connectivity index (χ0n) is 14.6. The summed E-state index contributed by atoms with van der Waals surface area (Å²) in [6.45, 7) is 6.06. The van der Waals surface area contributed by atoms with Gasteiger partial charge in [0.25, 0.3) is 0 Å². The molecule has 0 unspecified atom stereocenters. The van der Waals surface area contributed by atoms with Crippen LogP contribution in [0.25, 0.3) is 0 Å². The molecule has 142 valence electrons. The van der Waals surface area contributed by atoms with Gasteiger partial charge in [-0.1, -0.05) is 24.1 Å². The van der Waals surface area contributed by atoms with E-state index < -0.39 is 0 Å². The highest BCUT2D eigenvalue weighted by Crippen LogP contribution is 2.33. The Morgan fingerprint density at radius 2 is 1.88 bits per heavy atom. The van der Waals surface area contributed by atoms with Crippen molar-refractivity contribution >= 4 is 48.0 Å². The van der Waals surface area contributed by atoms with Crippen LogP contribution in [0.4, 0.5) is 5.69 Å². The number of amides is 1. The molecule has 1 aliphatic carbocycles. The first kappa shape index (κ1) is 22.4. The Hall–Kier alpha value is -0.680. The van der Waals surface area contributed by atoms with Crippen molar-refractivity contribution in [3.05, 3.63) is 28.8 Å². The van der Waals surface area contributed by atoms with E-state index >= 15 is 0 Å². The number of nitrogens with two attached hydrogens (primary N) is 1. The summed E-state index contributed by atoms with van der Waals surface area (Å²) in [5, 5.41) is 0.765. The van der Waals surface area contributed by atoms with Crippen molar-refractivity contribution in [2.45, 2.75) is 26.2 Å². The van der Waals surface area contributed by atoms with Gasteiger partial charge in [-0.2, -0.15) is 0 Å². The molecule has 1 saturated heterocycles. The second-order valence-corrected chi connectivity index (χ2v) is 7.21. The van der Waals surface area contributed by atoms with Crippen molar-refractivity contribution < 1.29 is 4.79 Å². The number of halogens is 3. The maximum absolute atomic E-state index is 12.8. The minimum absolute atomic E-state index is 0. The molecule has 1 aliphatic heterocycles. The lowest BCUT2D eigenvalue weighted by molar-refractivity contribution is -0.136. The monoisotopic (exact) mass is 407 g/mol. The van der Waals surface area contributed by atoms with Crippen LogP contribution in [-0.2, 0) is 4.79 Å². The zero-order chi connectivity index (χ0) is 16.4. The Balaban J connectivity index is 0.00000156. The maximum atomic E-state index is 12.8. The number of benzene rings is 1. The fourth-order valence-corrected chi connectivity index (χ4v) is 4.14. The SMILES string of the molecule is Cc1ccc(Cl)cc1N1CCN(C(=O)[C@@H]2CCC[C@@H]2CN)CC1.Cl.Cl. The largest absolute Gasteiger partial charge is 0.368 e. The van der Waals surface area contributed by atoms with E-state index in [0.29, 0.717) is 18.4 Å². The molecule has 2 aliphatic rings. The van der Waals surface area contributed by atoms with Gasteiger partial charge >= 0.3 is 0 Å². The van der Waals surface area contributed by atoms with E-state index in [0.717, 1.165) is 50.5 Å². The van der Waals surface area contributed by atoms with Gasteiger partial charge in [0, 0.05) is 42.8 Å². The molecule has 4 nitrogen and oxygen atoms in total. The van der Waals surface area contributed by atoms with Crippen molar-refractivity contribution in [1.82, 2.24) is 4.90 Å². The van der Waals surface area contributed by atoms with Crippen LogP contribution in [-0.4, -0.2) is 43.5 Å². The van der Waals surface area contributed by atoms with Gasteiger partial charge in [-0.3, -0.25) is 4.79 Å². The van der Waals surface area contributed by atoms with E-state index in [9.17, 15) is 4.79 Å². The predicted molar refractivity (Wildman–Crippen MR) is 109 cm³/mol. The average Bonchev–Trinajstić information content (AvgIpc) is 3.05. The fourth-order valence-electron chi connectivity index (χ4n) is 3.97. The van der Waals surface area contributed by atoms with Gasteiger partial charge in [0.1, 0.15) is 0 Å². The maximum Gasteiger partial charge on any atom is 0.226 e. The van der Waals surface area contributed by atoms with Crippen molar-refractivity contribution in [3.63, 3.8) is 0 Å². The van der Waals surface area contributed by atoms with Gasteiger partial charge in [0.2, 0.25) is 5.91 Å². The molecule has 0 radical (unpaired) electrons. The first-order valence-electron chi connectivity index (χ1n) is 8.60. The summed E-state index contributed by atoms with van der Waals surface area (Å²) in [6, 6.07) is 6.00. The number of aryl methyl sites for hydroxylation is 1. The highest BCUT2D eigenvalue weighted by Gasteiger charge is 2.35. The molecule has 2 fully saturated rings. The van der Waals surface area contributed by atoms with Crippen molar-refractivity contribution in [3.8, 4) is 0 Å². The number of piperazine rings is 1. The van der Waals surface area contributed by atoms with Gasteiger partial charge in [-0.25, -0.2) is 0 Å². The molecular weight excluding hydrogens is 381 g/mol. The van der Waals surface area contributed by atoms with Crippen LogP contribution >= 0.6 is 36.4 Å². The van der Waals surface area contributed by atoms with Crippen LogP contribution in [0.5, 0.6) is 0 Å². The van der Waals surface area contributed by atoms with Gasteiger partial charge in [0.05, 0.1) is 0 Å². The molecule has 2 N–H and O–H groups in total. The lowest BCUT2D eigenvalue weighted by Crippen LogP contribution is -2.51. The van der Waals surface area contributed by atoms with Gasteiger partial charge < -0.3 is 15.5 Å². The Labute approximate surface area is 167 Å². The minimum atomic E-state index is 0. The van der Waals surface area contributed by atoms with Crippen LogP contribution in [0, 0.1) is 18.8 Å². The molecule has 0 spiro atoms. The Morgan fingerprint density at radius 3 is 2.52 bits per heavy atom. The first-order valence-corrected chi connectivity index (χ1v) is 8.98. The molecule has 1 aromatic rings. The summed E-state index contributed by atoms with van der Waals surface area (Å²) in [4.78, 5) is 17.1. The Morgan fingerprint density at radius 1 is 1.20 bits per heavy atom. The molecule has 3 rings (SSSR count). The summed E-state index contributed by atoms with van der Waals surface area (Å²) < 4.78 is 0. The second-order valence-electron chi connectivity index (χ2n) is 6.78. The summed E-state index contributed by atoms with van der Waals surface area (Å²) in [5.74, 6) is 0.857. The average molecular weight is 409 g/mol. The van der Waals surface area contributed by atoms with E-state index in [1.807, 2.05) is 17.0 Å². The third kappa shape index (κ3) is 4.94. The fraction of sp³-hybridized carbons (Fsp3) is 0.611. The number of carbonyl (C=O) groups is 1. The van der Waals surface area contributed by atoms with E-state index in [1.165, 1.54) is 11.3 Å².